The van der Waals surface area contributed by atoms with Gasteiger partial charge in [0.1, 0.15) is 0 Å². The van der Waals surface area contributed by atoms with Crippen LogP contribution in [0.3, 0.4) is 0 Å². The van der Waals surface area contributed by atoms with Crippen molar-refractivity contribution in [2.75, 3.05) is 18.1 Å². The lowest BCUT2D eigenvalue weighted by atomic mass is 10.3. The van der Waals surface area contributed by atoms with Gasteiger partial charge in [0.2, 0.25) is 5.91 Å². The minimum absolute atomic E-state index is 0.0601. The van der Waals surface area contributed by atoms with Crippen molar-refractivity contribution < 1.29 is 4.79 Å². The molecule has 0 aliphatic carbocycles. The van der Waals surface area contributed by atoms with E-state index < -0.39 is 0 Å². The van der Waals surface area contributed by atoms with Crippen molar-refractivity contribution in [1.82, 2.24) is 5.32 Å². The molecule has 6 heteroatoms. The van der Waals surface area contributed by atoms with E-state index in [1.807, 2.05) is 24.3 Å². The molecule has 1 aliphatic heterocycles. The van der Waals surface area contributed by atoms with Crippen molar-refractivity contribution in [2.24, 2.45) is 4.99 Å². The Hall–Kier alpha value is -0.650. The van der Waals surface area contributed by atoms with Crippen LogP contribution in [0.4, 0.5) is 0 Å². The van der Waals surface area contributed by atoms with E-state index in [2.05, 4.69) is 10.3 Å². The van der Waals surface area contributed by atoms with Crippen LogP contribution in [-0.4, -0.2) is 29.1 Å². The molecular formula is C13H15ClN2OS2. The van der Waals surface area contributed by atoms with Gasteiger partial charge in [-0.25, -0.2) is 0 Å². The first kappa shape index (κ1) is 14.8. The van der Waals surface area contributed by atoms with E-state index in [1.165, 1.54) is 4.90 Å². The lowest BCUT2D eigenvalue weighted by molar-refractivity contribution is -0.119. The molecule has 19 heavy (non-hydrogen) atoms. The fourth-order valence-electron chi connectivity index (χ4n) is 1.55. The number of nitrogens with one attached hydrogen (secondary N) is 1. The second-order valence-corrected chi connectivity index (χ2v) is 6.68. The van der Waals surface area contributed by atoms with Gasteiger partial charge in [-0.05, 0) is 36.4 Å². The first-order valence-corrected chi connectivity index (χ1v) is 8.44. The van der Waals surface area contributed by atoms with Crippen LogP contribution in [0.1, 0.15) is 12.8 Å². The van der Waals surface area contributed by atoms with Crippen LogP contribution in [0.15, 0.2) is 34.2 Å². The third-order valence-corrected chi connectivity index (χ3v) is 4.70. The lowest BCUT2D eigenvalue weighted by Gasteiger charge is -2.04. The Morgan fingerprint density at radius 1 is 1.42 bits per heavy atom. The van der Waals surface area contributed by atoms with Crippen LogP contribution in [0.2, 0.25) is 5.02 Å². The van der Waals surface area contributed by atoms with Crippen LogP contribution in [0, 0.1) is 0 Å². The van der Waals surface area contributed by atoms with Crippen molar-refractivity contribution in [1.29, 1.82) is 0 Å². The molecule has 0 saturated carbocycles. The van der Waals surface area contributed by atoms with Crippen LogP contribution < -0.4 is 5.32 Å². The van der Waals surface area contributed by atoms with Gasteiger partial charge in [0, 0.05) is 22.1 Å². The van der Waals surface area contributed by atoms with E-state index >= 15 is 0 Å². The summed E-state index contributed by atoms with van der Waals surface area (Å²) in [7, 11) is 0. The van der Waals surface area contributed by atoms with E-state index in [1.54, 1.807) is 23.5 Å². The van der Waals surface area contributed by atoms with E-state index in [4.69, 9.17) is 11.6 Å². The Labute approximate surface area is 126 Å². The number of carbonyl (C=O) groups is 1. The molecule has 0 atom stereocenters. The third-order valence-electron chi connectivity index (χ3n) is 2.46. The maximum absolute atomic E-state index is 11.6. The summed E-state index contributed by atoms with van der Waals surface area (Å²) in [5.74, 6) is 1.96. The average molecular weight is 315 g/mol. The second-order valence-electron chi connectivity index (χ2n) is 3.99. The van der Waals surface area contributed by atoms with Crippen molar-refractivity contribution in [3.05, 3.63) is 29.3 Å². The summed E-state index contributed by atoms with van der Waals surface area (Å²) in [5.41, 5.74) is 0. The van der Waals surface area contributed by atoms with Crippen molar-refractivity contribution in [2.45, 2.75) is 17.7 Å². The Morgan fingerprint density at radius 2 is 2.21 bits per heavy atom. The van der Waals surface area contributed by atoms with Gasteiger partial charge in [-0.3, -0.25) is 9.79 Å². The predicted octanol–water partition coefficient (Wildman–Crippen LogP) is 3.43. The van der Waals surface area contributed by atoms with Gasteiger partial charge < -0.3 is 5.32 Å². The van der Waals surface area contributed by atoms with E-state index in [9.17, 15) is 4.79 Å². The number of halogens is 1. The predicted molar refractivity (Wildman–Crippen MR) is 84.3 cm³/mol. The number of thioether (sulfide) groups is 2. The number of benzene rings is 1. The molecule has 2 rings (SSSR count). The smallest absolute Gasteiger partial charge is 0.225 e. The molecule has 0 aromatic heterocycles. The Balaban J connectivity index is 1.61. The fourth-order valence-corrected chi connectivity index (χ4v) is 3.27. The summed E-state index contributed by atoms with van der Waals surface area (Å²) in [6.07, 6.45) is 1.40. The SMILES string of the molecule is O=C(CCCSc1ccc(Cl)cc1)NC1=NCCS1. The fraction of sp³-hybridized carbons (Fsp3) is 0.385. The number of hydrogen-bond donors (Lipinski definition) is 1. The second kappa shape index (κ2) is 7.82. The Kier molecular flexibility index (Phi) is 6.07. The third kappa shape index (κ3) is 5.47. The van der Waals surface area contributed by atoms with E-state index in [0.29, 0.717) is 6.42 Å². The molecule has 1 amide bonds. The molecule has 0 bridgehead atoms. The molecule has 0 unspecified atom stereocenters. The largest absolute Gasteiger partial charge is 0.305 e. The van der Waals surface area contributed by atoms with Crippen LogP contribution >= 0.6 is 35.1 Å². The van der Waals surface area contributed by atoms with Gasteiger partial charge in [0.05, 0.1) is 6.54 Å². The molecule has 0 fully saturated rings. The summed E-state index contributed by atoms with van der Waals surface area (Å²) in [6, 6.07) is 7.76. The number of amides is 1. The quantitative estimate of drug-likeness (QED) is 0.668. The highest BCUT2D eigenvalue weighted by Gasteiger charge is 2.10. The standard InChI is InChI=1S/C13H15ClN2OS2/c14-10-3-5-11(6-4-10)18-8-1-2-12(17)16-13-15-7-9-19-13/h3-6H,1-2,7-9H2,(H,15,16,17). The summed E-state index contributed by atoms with van der Waals surface area (Å²) in [5, 5.41) is 4.35. The van der Waals surface area contributed by atoms with Gasteiger partial charge in [0.25, 0.3) is 0 Å². The molecule has 1 aromatic rings. The van der Waals surface area contributed by atoms with Gasteiger partial charge in [-0.15, -0.1) is 11.8 Å². The number of nitrogens with zero attached hydrogens (tertiary/aromatic N) is 1. The topological polar surface area (TPSA) is 41.5 Å². The molecule has 102 valence electrons. The number of carbonyl (C=O) groups excluding carboxylic acids is 1. The summed E-state index contributed by atoms with van der Waals surface area (Å²) in [6.45, 7) is 0.812. The minimum atomic E-state index is 0.0601. The number of aliphatic imine (C=N–C) groups is 1. The normalized spacial score (nSPS) is 14.3. The highest BCUT2D eigenvalue weighted by molar-refractivity contribution is 8.14. The lowest BCUT2D eigenvalue weighted by Crippen LogP contribution is -2.27. The molecule has 0 radical (unpaired) electrons. The molecule has 1 heterocycles. The van der Waals surface area contributed by atoms with E-state index in [0.717, 1.165) is 34.7 Å². The minimum Gasteiger partial charge on any atom is -0.305 e. The maximum atomic E-state index is 11.6. The number of rotatable bonds is 5. The van der Waals surface area contributed by atoms with Crippen LogP contribution in [-0.2, 0) is 4.79 Å². The van der Waals surface area contributed by atoms with Crippen molar-refractivity contribution in [3.8, 4) is 0 Å². The molecule has 3 nitrogen and oxygen atoms in total. The first-order chi connectivity index (χ1) is 9.24. The Bertz CT molecular complexity index is 462. The van der Waals surface area contributed by atoms with Gasteiger partial charge in [-0.1, -0.05) is 23.4 Å². The van der Waals surface area contributed by atoms with Crippen molar-refractivity contribution >= 4 is 46.2 Å². The zero-order valence-electron chi connectivity index (χ0n) is 10.4. The van der Waals surface area contributed by atoms with Crippen LogP contribution in [0.25, 0.3) is 0 Å². The van der Waals surface area contributed by atoms with Gasteiger partial charge in [0.15, 0.2) is 5.17 Å². The molecular weight excluding hydrogens is 300 g/mol. The summed E-state index contributed by atoms with van der Waals surface area (Å²) >= 11 is 9.17. The molecule has 0 saturated heterocycles. The monoisotopic (exact) mass is 314 g/mol. The summed E-state index contributed by atoms with van der Waals surface area (Å²) in [4.78, 5) is 17.0. The zero-order valence-corrected chi connectivity index (χ0v) is 12.8. The average Bonchev–Trinajstić information content (AvgIpc) is 2.89. The molecule has 0 spiro atoms. The molecule has 1 aromatic carbocycles. The van der Waals surface area contributed by atoms with Crippen LogP contribution in [0.5, 0.6) is 0 Å². The van der Waals surface area contributed by atoms with E-state index in [-0.39, 0.29) is 5.91 Å². The summed E-state index contributed by atoms with van der Waals surface area (Å²) < 4.78 is 0. The zero-order chi connectivity index (χ0) is 13.5. The molecule has 1 N–H and O–H groups in total. The Morgan fingerprint density at radius 3 is 2.89 bits per heavy atom. The maximum Gasteiger partial charge on any atom is 0.225 e. The van der Waals surface area contributed by atoms with Gasteiger partial charge in [-0.2, -0.15) is 0 Å². The first-order valence-electron chi connectivity index (χ1n) is 6.09. The highest BCUT2D eigenvalue weighted by atomic mass is 35.5. The number of hydrogen-bond acceptors (Lipinski definition) is 4. The van der Waals surface area contributed by atoms with Gasteiger partial charge >= 0.3 is 0 Å². The highest BCUT2D eigenvalue weighted by Crippen LogP contribution is 2.21. The molecule has 1 aliphatic rings. The number of amidine groups is 1. The van der Waals surface area contributed by atoms with Crippen molar-refractivity contribution in [3.63, 3.8) is 0 Å².